The fraction of sp³-hybridized carbons (Fsp3) is 0.250. The molecule has 4 rings (SSSR count). The van der Waals surface area contributed by atoms with Crippen molar-refractivity contribution in [1.29, 1.82) is 0 Å². The van der Waals surface area contributed by atoms with Crippen LogP contribution in [0.25, 0.3) is 17.3 Å². The summed E-state index contributed by atoms with van der Waals surface area (Å²) in [7, 11) is 0. The van der Waals surface area contributed by atoms with Gasteiger partial charge in [0.25, 0.3) is 0 Å². The molecule has 1 aromatic carbocycles. The number of nitrogens with zero attached hydrogens (tertiary/aromatic N) is 5. The van der Waals surface area contributed by atoms with E-state index in [-0.39, 0.29) is 5.91 Å². The number of aromatic nitrogens is 3. The van der Waals surface area contributed by atoms with Gasteiger partial charge in [-0.1, -0.05) is 6.07 Å². The summed E-state index contributed by atoms with van der Waals surface area (Å²) in [4.78, 5) is 29.5. The summed E-state index contributed by atoms with van der Waals surface area (Å²) in [6.45, 7) is 5.37. The maximum Gasteiger partial charge on any atom is 0.246 e. The van der Waals surface area contributed by atoms with E-state index in [4.69, 9.17) is 4.74 Å². The van der Waals surface area contributed by atoms with Crippen molar-refractivity contribution in [3.8, 4) is 17.0 Å². The Morgan fingerprint density at radius 2 is 1.90 bits per heavy atom. The van der Waals surface area contributed by atoms with Crippen molar-refractivity contribution in [2.45, 2.75) is 6.92 Å². The van der Waals surface area contributed by atoms with Gasteiger partial charge in [0, 0.05) is 56.3 Å². The van der Waals surface area contributed by atoms with Crippen LogP contribution in [0.5, 0.6) is 5.75 Å². The van der Waals surface area contributed by atoms with Crippen LogP contribution in [-0.4, -0.2) is 58.5 Å². The number of hydrogen-bond acceptors (Lipinski definition) is 6. The van der Waals surface area contributed by atoms with Gasteiger partial charge in [0.2, 0.25) is 5.91 Å². The number of rotatable bonds is 6. The van der Waals surface area contributed by atoms with Crippen molar-refractivity contribution >= 4 is 17.8 Å². The number of piperazine rings is 1. The second-order valence-corrected chi connectivity index (χ2v) is 7.15. The molecule has 0 spiro atoms. The molecule has 158 valence electrons. The van der Waals surface area contributed by atoms with Gasteiger partial charge in [-0.2, -0.15) is 0 Å². The van der Waals surface area contributed by atoms with Gasteiger partial charge >= 0.3 is 0 Å². The van der Waals surface area contributed by atoms with E-state index in [0.29, 0.717) is 19.7 Å². The average molecular weight is 415 g/mol. The Bertz CT molecular complexity index is 1030. The van der Waals surface area contributed by atoms with Crippen LogP contribution in [0.2, 0.25) is 0 Å². The van der Waals surface area contributed by atoms with E-state index in [1.165, 1.54) is 0 Å². The van der Waals surface area contributed by atoms with Crippen LogP contribution >= 0.6 is 0 Å². The van der Waals surface area contributed by atoms with E-state index < -0.39 is 0 Å². The molecule has 0 saturated carbocycles. The summed E-state index contributed by atoms with van der Waals surface area (Å²) >= 11 is 0. The smallest absolute Gasteiger partial charge is 0.246 e. The van der Waals surface area contributed by atoms with E-state index in [1.807, 2.05) is 54.3 Å². The number of carbonyl (C=O) groups excluding carboxylic acids is 1. The number of benzene rings is 1. The Morgan fingerprint density at radius 1 is 1.10 bits per heavy atom. The quantitative estimate of drug-likeness (QED) is 0.576. The van der Waals surface area contributed by atoms with Gasteiger partial charge in [0.05, 0.1) is 12.3 Å². The predicted molar refractivity (Wildman–Crippen MR) is 121 cm³/mol. The zero-order valence-electron chi connectivity index (χ0n) is 17.5. The van der Waals surface area contributed by atoms with Gasteiger partial charge in [0.15, 0.2) is 0 Å². The molecule has 0 N–H and O–H groups in total. The van der Waals surface area contributed by atoms with Crippen LogP contribution < -0.4 is 9.64 Å². The molecule has 1 fully saturated rings. The summed E-state index contributed by atoms with van der Waals surface area (Å²) < 4.78 is 5.51. The molecule has 1 aliphatic rings. The van der Waals surface area contributed by atoms with Crippen LogP contribution in [0.1, 0.15) is 12.5 Å². The third-order valence-corrected chi connectivity index (χ3v) is 5.13. The minimum absolute atomic E-state index is 0.0151. The molecule has 2 aromatic heterocycles. The molecule has 7 nitrogen and oxygen atoms in total. The Balaban J connectivity index is 1.37. The van der Waals surface area contributed by atoms with Gasteiger partial charge in [-0.3, -0.25) is 9.78 Å². The van der Waals surface area contributed by atoms with E-state index in [9.17, 15) is 4.79 Å². The van der Waals surface area contributed by atoms with E-state index in [2.05, 4.69) is 19.9 Å². The van der Waals surface area contributed by atoms with Crippen LogP contribution in [0.3, 0.4) is 0 Å². The van der Waals surface area contributed by atoms with E-state index in [1.54, 1.807) is 30.9 Å². The first-order valence-electron chi connectivity index (χ1n) is 10.4. The zero-order valence-corrected chi connectivity index (χ0v) is 17.5. The molecule has 1 aliphatic heterocycles. The summed E-state index contributed by atoms with van der Waals surface area (Å²) in [5.41, 5.74) is 2.80. The maximum atomic E-state index is 12.5. The maximum absolute atomic E-state index is 12.5. The zero-order chi connectivity index (χ0) is 21.5. The Labute approximate surface area is 182 Å². The fourth-order valence-electron chi connectivity index (χ4n) is 3.47. The molecular weight excluding hydrogens is 390 g/mol. The Kier molecular flexibility index (Phi) is 6.52. The lowest BCUT2D eigenvalue weighted by atomic mass is 10.1. The van der Waals surface area contributed by atoms with Crippen molar-refractivity contribution in [2.24, 2.45) is 0 Å². The minimum atomic E-state index is 0.0151. The number of pyridine rings is 1. The third-order valence-electron chi connectivity index (χ3n) is 5.13. The Hall–Kier alpha value is -3.74. The molecule has 7 heteroatoms. The normalized spacial score (nSPS) is 14.1. The van der Waals surface area contributed by atoms with E-state index >= 15 is 0 Å². The second kappa shape index (κ2) is 9.84. The number of hydrogen-bond donors (Lipinski definition) is 0. The van der Waals surface area contributed by atoms with Crippen LogP contribution in [-0.2, 0) is 4.79 Å². The van der Waals surface area contributed by atoms with Gasteiger partial charge in [-0.05, 0) is 48.9 Å². The monoisotopic (exact) mass is 415 g/mol. The highest BCUT2D eigenvalue weighted by Crippen LogP contribution is 2.24. The number of carbonyl (C=O) groups is 1. The SMILES string of the molecule is CCOc1ccc(-c2cc(N3CCN(C(=O)/C=C\c4cccnc4)CC3)ncn2)cc1. The molecule has 1 amide bonds. The third kappa shape index (κ3) is 5.25. The molecule has 0 unspecified atom stereocenters. The molecule has 31 heavy (non-hydrogen) atoms. The molecule has 3 aromatic rings. The van der Waals surface area contributed by atoms with Crippen molar-refractivity contribution in [1.82, 2.24) is 19.9 Å². The molecule has 0 atom stereocenters. The summed E-state index contributed by atoms with van der Waals surface area (Å²) in [5.74, 6) is 1.73. The average Bonchev–Trinajstić information content (AvgIpc) is 2.84. The molecule has 0 aliphatic carbocycles. The molecular formula is C24H25N5O2. The lowest BCUT2D eigenvalue weighted by Gasteiger charge is -2.35. The number of ether oxygens (including phenoxy) is 1. The molecule has 0 radical (unpaired) electrons. The highest BCUT2D eigenvalue weighted by Gasteiger charge is 2.21. The first-order chi connectivity index (χ1) is 15.2. The second-order valence-electron chi connectivity index (χ2n) is 7.15. The van der Waals surface area contributed by atoms with Crippen LogP contribution in [0, 0.1) is 0 Å². The van der Waals surface area contributed by atoms with Crippen molar-refractivity contribution in [2.75, 3.05) is 37.7 Å². The predicted octanol–water partition coefficient (Wildman–Crippen LogP) is 3.30. The largest absolute Gasteiger partial charge is 0.494 e. The molecule has 0 bridgehead atoms. The summed E-state index contributed by atoms with van der Waals surface area (Å²) in [5, 5.41) is 0. The first kappa shape index (κ1) is 20.5. The van der Waals surface area contributed by atoms with E-state index in [0.717, 1.165) is 41.5 Å². The van der Waals surface area contributed by atoms with Crippen LogP contribution in [0.15, 0.2) is 67.3 Å². The van der Waals surface area contributed by atoms with Gasteiger partial charge in [-0.25, -0.2) is 9.97 Å². The lowest BCUT2D eigenvalue weighted by molar-refractivity contribution is -0.126. The van der Waals surface area contributed by atoms with Crippen molar-refractivity contribution < 1.29 is 9.53 Å². The van der Waals surface area contributed by atoms with Crippen molar-refractivity contribution in [3.63, 3.8) is 0 Å². The topological polar surface area (TPSA) is 71.5 Å². The van der Waals surface area contributed by atoms with Crippen molar-refractivity contribution in [3.05, 3.63) is 72.8 Å². The standard InChI is InChI=1S/C24H25N5O2/c1-2-31-21-8-6-20(7-9-21)22-16-23(27-18-26-22)28-12-14-29(15-13-28)24(30)10-5-19-4-3-11-25-17-19/h3-11,16-18H,2,12-15H2,1H3/b10-5-. The fourth-order valence-corrected chi connectivity index (χ4v) is 3.47. The first-order valence-corrected chi connectivity index (χ1v) is 10.4. The van der Waals surface area contributed by atoms with Gasteiger partial charge < -0.3 is 14.5 Å². The number of anilines is 1. The summed E-state index contributed by atoms with van der Waals surface area (Å²) in [6, 6.07) is 13.7. The molecule has 1 saturated heterocycles. The van der Waals surface area contributed by atoms with Gasteiger partial charge in [-0.15, -0.1) is 0 Å². The van der Waals surface area contributed by atoms with Gasteiger partial charge in [0.1, 0.15) is 17.9 Å². The summed E-state index contributed by atoms with van der Waals surface area (Å²) in [6.07, 6.45) is 8.46. The Morgan fingerprint density at radius 3 is 2.61 bits per heavy atom. The highest BCUT2D eigenvalue weighted by atomic mass is 16.5. The lowest BCUT2D eigenvalue weighted by Crippen LogP contribution is -2.48. The minimum Gasteiger partial charge on any atom is -0.494 e. The highest BCUT2D eigenvalue weighted by molar-refractivity contribution is 5.91. The molecule has 3 heterocycles. The van der Waals surface area contributed by atoms with Crippen LogP contribution in [0.4, 0.5) is 5.82 Å². The number of amides is 1.